The molecule has 8 atom stereocenters. The number of hydrogen-bond donors (Lipinski definition) is 2. The van der Waals surface area contributed by atoms with Crippen LogP contribution >= 0.6 is 0 Å². The Hall–Kier alpha value is -1.97. The van der Waals surface area contributed by atoms with Crippen molar-refractivity contribution in [2.24, 2.45) is 29.6 Å². The Morgan fingerprint density at radius 3 is 2.62 bits per heavy atom. The molecular formula is C30H46N4O5. The fourth-order valence-electron chi connectivity index (χ4n) is 8.48. The largest absolute Gasteiger partial charge is 0.381 e. The SMILES string of the molecule is COC1CCCC2NC(=O)C=C(C(=O)N[C@@H]3CCN(C4C(C(=O)N5CCOCC5)CC(C)CC4C4CC4)C3)C21. The van der Waals surface area contributed by atoms with Crippen LogP contribution in [0.3, 0.4) is 0 Å². The number of morpholine rings is 1. The average molecular weight is 543 g/mol. The van der Waals surface area contributed by atoms with Gasteiger partial charge in [0.15, 0.2) is 0 Å². The summed E-state index contributed by atoms with van der Waals surface area (Å²) in [6.45, 7) is 6.62. The van der Waals surface area contributed by atoms with Gasteiger partial charge in [-0.15, -0.1) is 0 Å². The standard InChI is InChI=1S/C30H46N4O5/c1-18-14-21(19-6-7-19)28(23(15-18)30(37)33-10-12-39-13-11-33)34-9-8-20(17-34)31-29(36)22-16-26(35)32-24-4-3-5-25(38-2)27(22)24/h16,18-21,23-25,27-28H,3-15,17H2,1-2H3,(H,31,36)(H,32,35)/t18?,20-,21?,23?,24?,25?,27?,28?/m1/s1. The van der Waals surface area contributed by atoms with Crippen LogP contribution in [0, 0.1) is 29.6 Å². The fourth-order valence-corrected chi connectivity index (χ4v) is 8.48. The van der Waals surface area contributed by atoms with Crippen molar-refractivity contribution >= 4 is 17.7 Å². The molecule has 0 aromatic rings. The van der Waals surface area contributed by atoms with E-state index in [1.165, 1.54) is 25.3 Å². The summed E-state index contributed by atoms with van der Waals surface area (Å²) in [5.74, 6) is 1.74. The Balaban J connectivity index is 1.16. The summed E-state index contributed by atoms with van der Waals surface area (Å²) < 4.78 is 11.3. The quantitative estimate of drug-likeness (QED) is 0.530. The molecule has 3 amide bonds. The second-order valence-electron chi connectivity index (χ2n) is 13.0. The highest BCUT2D eigenvalue weighted by Crippen LogP contribution is 2.49. The second-order valence-corrected chi connectivity index (χ2v) is 13.0. The predicted octanol–water partition coefficient (Wildman–Crippen LogP) is 1.72. The zero-order valence-corrected chi connectivity index (χ0v) is 23.6. The number of ether oxygens (including phenoxy) is 2. The smallest absolute Gasteiger partial charge is 0.248 e. The molecule has 3 aliphatic heterocycles. The van der Waals surface area contributed by atoms with Gasteiger partial charge in [0.05, 0.1) is 25.2 Å². The molecule has 6 rings (SSSR count). The van der Waals surface area contributed by atoms with Gasteiger partial charge in [-0.3, -0.25) is 19.3 Å². The van der Waals surface area contributed by atoms with Crippen LogP contribution in [-0.4, -0.2) is 98.3 Å². The lowest BCUT2D eigenvalue weighted by molar-refractivity contribution is -0.146. The Kier molecular flexibility index (Phi) is 8.02. The summed E-state index contributed by atoms with van der Waals surface area (Å²) in [4.78, 5) is 44.5. The minimum absolute atomic E-state index is 0.0158. The van der Waals surface area contributed by atoms with Crippen molar-refractivity contribution in [2.75, 3.05) is 46.5 Å². The van der Waals surface area contributed by atoms with Crippen LogP contribution in [0.25, 0.3) is 0 Å². The van der Waals surface area contributed by atoms with Crippen molar-refractivity contribution in [1.82, 2.24) is 20.4 Å². The van der Waals surface area contributed by atoms with E-state index in [0.29, 0.717) is 49.6 Å². The summed E-state index contributed by atoms with van der Waals surface area (Å²) in [6, 6.07) is 0.216. The van der Waals surface area contributed by atoms with Crippen molar-refractivity contribution in [3.8, 4) is 0 Å². The number of carbonyl (C=O) groups excluding carboxylic acids is 3. The molecular weight excluding hydrogens is 496 g/mol. The maximum Gasteiger partial charge on any atom is 0.248 e. The number of hydrogen-bond acceptors (Lipinski definition) is 6. The molecule has 2 N–H and O–H groups in total. The van der Waals surface area contributed by atoms with Gasteiger partial charge >= 0.3 is 0 Å². The highest BCUT2D eigenvalue weighted by molar-refractivity contribution is 6.03. The monoisotopic (exact) mass is 542 g/mol. The molecule has 0 aromatic heterocycles. The van der Waals surface area contributed by atoms with Gasteiger partial charge in [0, 0.05) is 69.0 Å². The first-order chi connectivity index (χ1) is 18.9. The van der Waals surface area contributed by atoms with E-state index < -0.39 is 0 Å². The van der Waals surface area contributed by atoms with E-state index in [1.807, 2.05) is 4.90 Å². The van der Waals surface area contributed by atoms with E-state index >= 15 is 0 Å². The van der Waals surface area contributed by atoms with Crippen LogP contribution in [0.1, 0.15) is 58.3 Å². The third-order valence-electron chi connectivity index (χ3n) is 10.4. The van der Waals surface area contributed by atoms with Gasteiger partial charge < -0.3 is 25.0 Å². The van der Waals surface area contributed by atoms with Crippen molar-refractivity contribution in [2.45, 2.75) is 82.5 Å². The first-order valence-electron chi connectivity index (χ1n) is 15.4. The van der Waals surface area contributed by atoms with Crippen molar-refractivity contribution in [1.29, 1.82) is 0 Å². The van der Waals surface area contributed by atoms with Gasteiger partial charge in [-0.2, -0.15) is 0 Å². The van der Waals surface area contributed by atoms with Gasteiger partial charge in [0.25, 0.3) is 0 Å². The number of carbonyl (C=O) groups is 3. The summed E-state index contributed by atoms with van der Waals surface area (Å²) in [6.07, 6.45) is 9.75. The molecule has 3 saturated carbocycles. The fraction of sp³-hybridized carbons (Fsp3) is 0.833. The maximum absolute atomic E-state index is 13.9. The lowest BCUT2D eigenvalue weighted by atomic mass is 9.69. The van der Waals surface area contributed by atoms with Crippen molar-refractivity contribution in [3.05, 3.63) is 11.6 Å². The topological polar surface area (TPSA) is 100 Å². The molecule has 39 heavy (non-hydrogen) atoms. The Morgan fingerprint density at radius 2 is 1.87 bits per heavy atom. The lowest BCUT2D eigenvalue weighted by Crippen LogP contribution is -2.56. The van der Waals surface area contributed by atoms with Crippen LogP contribution in [-0.2, 0) is 23.9 Å². The summed E-state index contributed by atoms with van der Waals surface area (Å²) in [5.41, 5.74) is 0.566. The zero-order chi connectivity index (χ0) is 27.1. The van der Waals surface area contributed by atoms with E-state index in [4.69, 9.17) is 9.47 Å². The van der Waals surface area contributed by atoms with E-state index in [0.717, 1.165) is 51.1 Å². The third kappa shape index (κ3) is 5.64. The Morgan fingerprint density at radius 1 is 1.08 bits per heavy atom. The molecule has 5 fully saturated rings. The summed E-state index contributed by atoms with van der Waals surface area (Å²) in [5, 5.41) is 6.35. The van der Waals surface area contributed by atoms with Crippen molar-refractivity contribution in [3.63, 3.8) is 0 Å². The number of amides is 3. The number of nitrogens with zero attached hydrogens (tertiary/aromatic N) is 2. The summed E-state index contributed by atoms with van der Waals surface area (Å²) in [7, 11) is 1.70. The maximum atomic E-state index is 13.9. The Bertz CT molecular complexity index is 976. The molecule has 0 spiro atoms. The molecule has 7 unspecified atom stereocenters. The first kappa shape index (κ1) is 27.2. The minimum atomic E-state index is -0.181. The molecule has 3 heterocycles. The van der Waals surface area contributed by atoms with Crippen molar-refractivity contribution < 1.29 is 23.9 Å². The highest BCUT2D eigenvalue weighted by atomic mass is 16.5. The summed E-state index contributed by atoms with van der Waals surface area (Å²) >= 11 is 0. The molecule has 6 aliphatic rings. The van der Waals surface area contributed by atoms with Gasteiger partial charge in [0.1, 0.15) is 0 Å². The average Bonchev–Trinajstić information content (AvgIpc) is 3.70. The molecule has 3 aliphatic carbocycles. The molecule has 2 saturated heterocycles. The molecule has 216 valence electrons. The van der Waals surface area contributed by atoms with E-state index in [9.17, 15) is 14.4 Å². The van der Waals surface area contributed by atoms with E-state index in [1.54, 1.807) is 7.11 Å². The molecule has 0 bridgehead atoms. The molecule has 9 nitrogen and oxygen atoms in total. The van der Waals surface area contributed by atoms with Crippen LogP contribution in [0.5, 0.6) is 0 Å². The van der Waals surface area contributed by atoms with Crippen LogP contribution in [0.4, 0.5) is 0 Å². The highest BCUT2D eigenvalue weighted by Gasteiger charge is 2.51. The van der Waals surface area contributed by atoms with Crippen LogP contribution < -0.4 is 10.6 Å². The molecule has 0 aromatic carbocycles. The van der Waals surface area contributed by atoms with Gasteiger partial charge in [-0.05, 0) is 69.1 Å². The lowest BCUT2D eigenvalue weighted by Gasteiger charge is -2.47. The number of nitrogens with one attached hydrogen (secondary N) is 2. The van der Waals surface area contributed by atoms with Gasteiger partial charge in [0.2, 0.25) is 17.7 Å². The number of fused-ring (bicyclic) bond motifs is 1. The van der Waals surface area contributed by atoms with Crippen LogP contribution in [0.15, 0.2) is 11.6 Å². The second kappa shape index (κ2) is 11.5. The number of methoxy groups -OCH3 is 1. The number of rotatable bonds is 6. The third-order valence-corrected chi connectivity index (χ3v) is 10.4. The van der Waals surface area contributed by atoms with E-state index in [2.05, 4.69) is 22.5 Å². The predicted molar refractivity (Wildman–Crippen MR) is 146 cm³/mol. The van der Waals surface area contributed by atoms with Gasteiger partial charge in [-0.1, -0.05) is 6.92 Å². The minimum Gasteiger partial charge on any atom is -0.381 e. The molecule has 0 radical (unpaired) electrons. The first-order valence-corrected chi connectivity index (χ1v) is 15.4. The van der Waals surface area contributed by atoms with Crippen LogP contribution in [0.2, 0.25) is 0 Å². The van der Waals surface area contributed by atoms with E-state index in [-0.39, 0.29) is 47.9 Å². The zero-order valence-electron chi connectivity index (χ0n) is 23.6. The number of likely N-dealkylation sites (tertiary alicyclic amines) is 1. The van der Waals surface area contributed by atoms with Gasteiger partial charge in [-0.25, -0.2) is 0 Å². The normalized spacial score (nSPS) is 39.5. The Labute approximate surface area is 232 Å². The molecule has 9 heteroatoms.